The van der Waals surface area contributed by atoms with Gasteiger partial charge in [-0.15, -0.1) is 0 Å². The van der Waals surface area contributed by atoms with Gasteiger partial charge >= 0.3 is 0 Å². The van der Waals surface area contributed by atoms with Crippen molar-refractivity contribution in [3.05, 3.63) is 27.7 Å². The minimum Gasteiger partial charge on any atom is -0.305 e. The third kappa shape index (κ3) is 3.97. The smallest absolute Gasteiger partial charge is 0.244 e. The van der Waals surface area contributed by atoms with Crippen LogP contribution in [0, 0.1) is 0 Å². The summed E-state index contributed by atoms with van der Waals surface area (Å²) in [5.74, 6) is 0. The van der Waals surface area contributed by atoms with Crippen molar-refractivity contribution in [3.63, 3.8) is 0 Å². The lowest BCUT2D eigenvalue weighted by atomic mass is 10.0. The maximum atomic E-state index is 12.9. The summed E-state index contributed by atoms with van der Waals surface area (Å²) < 4.78 is 28.0. The van der Waals surface area contributed by atoms with Crippen molar-refractivity contribution in [1.82, 2.24) is 14.1 Å². The molecule has 3 rings (SSSR count). The van der Waals surface area contributed by atoms with E-state index in [1.807, 2.05) is 0 Å². The molecule has 2 aliphatic heterocycles. The summed E-state index contributed by atoms with van der Waals surface area (Å²) in [4.78, 5) is 4.99. The van der Waals surface area contributed by atoms with Crippen LogP contribution in [0.15, 0.2) is 27.6 Å². The highest BCUT2D eigenvalue weighted by Gasteiger charge is 2.33. The van der Waals surface area contributed by atoms with Crippen LogP contribution in [0.3, 0.4) is 0 Å². The second-order valence-corrected chi connectivity index (χ2v) is 9.80. The Bertz CT molecular complexity index is 693. The predicted octanol–water partition coefficient (Wildman–Crippen LogP) is 2.50. The van der Waals surface area contributed by atoms with Crippen molar-refractivity contribution in [2.24, 2.45) is 0 Å². The molecule has 8 heteroatoms. The number of piperidine rings is 1. The largest absolute Gasteiger partial charge is 0.305 e. The molecule has 2 aliphatic rings. The van der Waals surface area contributed by atoms with Crippen LogP contribution < -0.4 is 0 Å². The highest BCUT2D eigenvalue weighted by Crippen LogP contribution is 2.28. The summed E-state index contributed by atoms with van der Waals surface area (Å²) in [6.45, 7) is 4.85. The number of likely N-dealkylation sites (tertiary alicyclic amines) is 1. The normalized spacial score (nSPS) is 25.0. The minimum atomic E-state index is -3.53. The van der Waals surface area contributed by atoms with E-state index in [-0.39, 0.29) is 9.92 Å². The van der Waals surface area contributed by atoms with Crippen molar-refractivity contribution < 1.29 is 8.42 Å². The fraction of sp³-hybridized carbons (Fsp3) is 0.625. The second kappa shape index (κ2) is 7.60. The zero-order chi connectivity index (χ0) is 17.3. The fourth-order valence-corrected chi connectivity index (χ4v) is 6.00. The molecule has 1 unspecified atom stereocenters. The Morgan fingerprint density at radius 2 is 1.88 bits per heavy atom. The van der Waals surface area contributed by atoms with Crippen molar-refractivity contribution in [2.45, 2.75) is 23.8 Å². The van der Waals surface area contributed by atoms with E-state index in [1.165, 1.54) is 12.8 Å². The predicted molar refractivity (Wildman–Crippen MR) is 100 cm³/mol. The molecule has 2 saturated heterocycles. The van der Waals surface area contributed by atoms with Crippen LogP contribution >= 0.6 is 27.5 Å². The van der Waals surface area contributed by atoms with E-state index in [1.54, 1.807) is 22.5 Å². The molecule has 2 heterocycles. The first-order valence-corrected chi connectivity index (χ1v) is 10.9. The molecule has 1 aromatic rings. The molecule has 134 valence electrons. The van der Waals surface area contributed by atoms with Gasteiger partial charge in [-0.05, 0) is 44.6 Å². The van der Waals surface area contributed by atoms with Crippen molar-refractivity contribution >= 4 is 37.6 Å². The van der Waals surface area contributed by atoms with E-state index in [2.05, 4.69) is 32.8 Å². The van der Waals surface area contributed by atoms with E-state index < -0.39 is 10.0 Å². The molecule has 0 amide bonds. The van der Waals surface area contributed by atoms with Gasteiger partial charge in [0.05, 0.1) is 5.02 Å². The third-order valence-corrected chi connectivity index (χ3v) is 7.78. The van der Waals surface area contributed by atoms with Crippen molar-refractivity contribution in [3.8, 4) is 0 Å². The topological polar surface area (TPSA) is 43.9 Å². The molecule has 5 nitrogen and oxygen atoms in total. The maximum Gasteiger partial charge on any atom is 0.244 e. The zero-order valence-corrected chi connectivity index (χ0v) is 16.9. The standard InChI is InChI=1S/C16H23BrClN3O2S/c1-19-6-2-3-14(12-19)20-7-9-21(10-8-20)24(22,23)16-5-4-13(17)11-15(16)18/h4-5,11,14H,2-3,6-10,12H2,1H3. The number of benzene rings is 1. The van der Waals surface area contributed by atoms with Gasteiger partial charge in [0.25, 0.3) is 0 Å². The minimum absolute atomic E-state index is 0.193. The maximum absolute atomic E-state index is 12.9. The molecule has 1 aromatic carbocycles. The van der Waals surface area contributed by atoms with E-state index in [0.29, 0.717) is 19.1 Å². The van der Waals surface area contributed by atoms with E-state index in [0.717, 1.165) is 30.7 Å². The Balaban J connectivity index is 1.67. The first-order chi connectivity index (χ1) is 11.4. The highest BCUT2D eigenvalue weighted by molar-refractivity contribution is 9.10. The summed E-state index contributed by atoms with van der Waals surface area (Å²) in [6, 6.07) is 5.46. The monoisotopic (exact) mass is 435 g/mol. The molecule has 0 bridgehead atoms. The SMILES string of the molecule is CN1CCCC(N2CCN(S(=O)(=O)c3ccc(Br)cc3Cl)CC2)C1. The fourth-order valence-electron chi connectivity index (χ4n) is 3.57. The van der Waals surface area contributed by atoms with Gasteiger partial charge in [-0.1, -0.05) is 27.5 Å². The van der Waals surface area contributed by atoms with Crippen LogP contribution in [0.25, 0.3) is 0 Å². The molecule has 1 atom stereocenters. The lowest BCUT2D eigenvalue weighted by Gasteiger charge is -2.42. The molecule has 2 fully saturated rings. The molecule has 24 heavy (non-hydrogen) atoms. The van der Waals surface area contributed by atoms with Gasteiger partial charge in [0, 0.05) is 43.2 Å². The number of halogens is 2. The Kier molecular flexibility index (Phi) is 5.89. The number of sulfonamides is 1. The third-order valence-electron chi connectivity index (χ3n) is 4.90. The highest BCUT2D eigenvalue weighted by atomic mass is 79.9. The van der Waals surface area contributed by atoms with E-state index in [9.17, 15) is 8.42 Å². The van der Waals surface area contributed by atoms with E-state index >= 15 is 0 Å². The van der Waals surface area contributed by atoms with Gasteiger partial charge in [0.2, 0.25) is 10.0 Å². The number of rotatable bonds is 3. The molecule has 0 N–H and O–H groups in total. The molecular formula is C16H23BrClN3O2S. The van der Waals surface area contributed by atoms with Gasteiger partial charge in [-0.3, -0.25) is 4.90 Å². The van der Waals surface area contributed by atoms with Crippen LogP contribution in [-0.2, 0) is 10.0 Å². The van der Waals surface area contributed by atoms with Crippen molar-refractivity contribution in [2.75, 3.05) is 46.3 Å². The number of hydrogen-bond acceptors (Lipinski definition) is 4. The van der Waals surface area contributed by atoms with Crippen LogP contribution in [0.2, 0.25) is 5.02 Å². The quantitative estimate of drug-likeness (QED) is 0.730. The van der Waals surface area contributed by atoms with Gasteiger partial charge in [0.1, 0.15) is 4.90 Å². The van der Waals surface area contributed by atoms with Crippen LogP contribution in [0.5, 0.6) is 0 Å². The molecular weight excluding hydrogens is 414 g/mol. The second-order valence-electron chi connectivity index (χ2n) is 6.57. The number of hydrogen-bond donors (Lipinski definition) is 0. The first-order valence-electron chi connectivity index (χ1n) is 8.26. The average molecular weight is 437 g/mol. The first kappa shape index (κ1) is 18.6. The Labute approximate surface area is 157 Å². The van der Waals surface area contributed by atoms with Crippen molar-refractivity contribution in [1.29, 1.82) is 0 Å². The zero-order valence-electron chi connectivity index (χ0n) is 13.8. The molecule has 0 spiro atoms. The van der Waals surface area contributed by atoms with Crippen LogP contribution in [0.1, 0.15) is 12.8 Å². The molecule has 0 aromatic heterocycles. The van der Waals surface area contributed by atoms with E-state index in [4.69, 9.17) is 11.6 Å². The molecule has 0 aliphatic carbocycles. The van der Waals surface area contributed by atoms with Gasteiger partial charge < -0.3 is 4.90 Å². The van der Waals surface area contributed by atoms with Gasteiger partial charge in [-0.25, -0.2) is 8.42 Å². The lowest BCUT2D eigenvalue weighted by molar-refractivity contribution is 0.0824. The summed E-state index contributed by atoms with van der Waals surface area (Å²) in [5, 5.41) is 0.265. The average Bonchev–Trinajstić information content (AvgIpc) is 2.54. The summed E-state index contributed by atoms with van der Waals surface area (Å²) >= 11 is 9.46. The molecule has 0 saturated carbocycles. The summed E-state index contributed by atoms with van der Waals surface area (Å²) in [5.41, 5.74) is 0. The summed E-state index contributed by atoms with van der Waals surface area (Å²) in [6.07, 6.45) is 2.42. The Morgan fingerprint density at radius 1 is 1.17 bits per heavy atom. The van der Waals surface area contributed by atoms with Gasteiger partial charge in [0.15, 0.2) is 0 Å². The number of likely N-dealkylation sites (N-methyl/N-ethyl adjacent to an activating group) is 1. The lowest BCUT2D eigenvalue weighted by Crippen LogP contribution is -2.55. The summed E-state index contributed by atoms with van der Waals surface area (Å²) in [7, 11) is -1.38. The van der Waals surface area contributed by atoms with Gasteiger partial charge in [-0.2, -0.15) is 4.31 Å². The Morgan fingerprint density at radius 3 is 2.50 bits per heavy atom. The molecule has 0 radical (unpaired) electrons. The number of piperazine rings is 1. The van der Waals surface area contributed by atoms with Crippen LogP contribution in [-0.4, -0.2) is 74.9 Å². The van der Waals surface area contributed by atoms with Crippen LogP contribution in [0.4, 0.5) is 0 Å². The number of nitrogens with zero attached hydrogens (tertiary/aromatic N) is 3. The Hall–Kier alpha value is -0.180.